The minimum Gasteiger partial charge on any atom is -0.664 e. The summed E-state index contributed by atoms with van der Waals surface area (Å²) in [5.41, 5.74) is 10.5. The standard InChI is InChI=1S/C45H52N4O5.Mg/c1-11-29-25(6)32-20-34-27(8)31(16-17-38(50)54-19-18-24(5)15-13-14-23(3)4)42(48-34)40-41(45(52)53-10)44(51)39-28(9)35(49-43(39)40)22-37-30(12-2)26(7)33(47-37)21-36(29)46-32;/h11,13,18,20-23,27,31,41H,1,12,14-17,19H2,2-10H3,(H-,48,49,51);/q-4;+2/p-1/b24-18+,33-21-,34-20-,37-22-;/t27-,31-,41+;/m0./s1. The monoisotopic (exact) mass is 751 g/mol. The average Bonchev–Trinajstić information content (AvgIpc) is 3.87. The summed E-state index contributed by atoms with van der Waals surface area (Å²) in [5, 5.41) is 6.78. The third kappa shape index (κ3) is 8.03. The van der Waals surface area contributed by atoms with Gasteiger partial charge in [0.1, 0.15) is 12.5 Å². The van der Waals surface area contributed by atoms with Gasteiger partial charge in [-0.2, -0.15) is 24.2 Å². The van der Waals surface area contributed by atoms with Crippen molar-refractivity contribution >= 4 is 70.7 Å². The number of aromatic nitrogens is 3. The van der Waals surface area contributed by atoms with E-state index in [1.165, 1.54) is 7.11 Å². The number of hydrogen-bond acceptors (Lipinski definition) is 5. The van der Waals surface area contributed by atoms with E-state index >= 15 is 0 Å². The fraction of sp³-hybridized carbons (Fsp3) is 0.422. The van der Waals surface area contributed by atoms with Gasteiger partial charge in [0.2, 0.25) is 0 Å². The molecule has 5 heterocycles. The second kappa shape index (κ2) is 17.2. The quantitative estimate of drug-likeness (QED) is 0.0670. The molecule has 0 unspecified atom stereocenters. The summed E-state index contributed by atoms with van der Waals surface area (Å²) in [6, 6.07) is 0. The van der Waals surface area contributed by atoms with Crippen LogP contribution in [0.2, 0.25) is 0 Å². The average molecular weight is 752 g/mol. The summed E-state index contributed by atoms with van der Waals surface area (Å²) >= 11 is 0. The van der Waals surface area contributed by atoms with Crippen molar-refractivity contribution in [2.45, 2.75) is 87.5 Å². The molecule has 1 saturated heterocycles. The summed E-state index contributed by atoms with van der Waals surface area (Å²) in [7, 11) is 1.29. The second-order valence-electron chi connectivity index (χ2n) is 15.2. The van der Waals surface area contributed by atoms with Gasteiger partial charge in [-0.25, -0.2) is 0 Å². The third-order valence-electron chi connectivity index (χ3n) is 11.2. The molecule has 0 saturated carbocycles. The van der Waals surface area contributed by atoms with E-state index < -0.39 is 11.9 Å². The Bertz CT molecular complexity index is 2240. The Kier molecular flexibility index (Phi) is 13.1. The van der Waals surface area contributed by atoms with Crippen LogP contribution in [-0.2, 0) is 25.5 Å². The molecule has 0 aromatic carbocycles. The zero-order chi connectivity index (χ0) is 39.0. The third-order valence-corrected chi connectivity index (χ3v) is 11.2. The Labute approximate surface area is 341 Å². The number of hydrogen-bond donors (Lipinski definition) is 0. The molecule has 2 aliphatic heterocycles. The van der Waals surface area contributed by atoms with Gasteiger partial charge in [-0.05, 0) is 57.9 Å². The van der Waals surface area contributed by atoms with Crippen molar-refractivity contribution in [1.82, 2.24) is 15.0 Å². The topological polar surface area (TPSA) is 126 Å². The first kappa shape index (κ1) is 41.9. The van der Waals surface area contributed by atoms with Crippen molar-refractivity contribution in [2.75, 3.05) is 13.7 Å². The van der Waals surface area contributed by atoms with Gasteiger partial charge in [0.25, 0.3) is 0 Å². The van der Waals surface area contributed by atoms with Crippen LogP contribution in [0.1, 0.15) is 121 Å². The molecule has 6 rings (SSSR count). The predicted molar refractivity (Wildman–Crippen MR) is 218 cm³/mol. The van der Waals surface area contributed by atoms with E-state index in [2.05, 4.69) is 47.6 Å². The van der Waals surface area contributed by atoms with Crippen molar-refractivity contribution in [3.8, 4) is 0 Å². The van der Waals surface area contributed by atoms with Crippen molar-refractivity contribution in [2.24, 2.45) is 23.7 Å². The van der Waals surface area contributed by atoms with E-state index in [-0.39, 0.29) is 59.7 Å². The molecule has 0 amide bonds. The van der Waals surface area contributed by atoms with Gasteiger partial charge in [-0.3, -0.25) is 14.4 Å². The number of carbonyl (C=O) groups excluding carboxylic acids is 3. The predicted octanol–water partition coefficient (Wildman–Crippen LogP) is 6.57. The van der Waals surface area contributed by atoms with Gasteiger partial charge in [0.05, 0.1) is 7.11 Å². The van der Waals surface area contributed by atoms with Gasteiger partial charge < -0.3 is 36.2 Å². The Balaban J connectivity index is 0.00000580. The van der Waals surface area contributed by atoms with Crippen molar-refractivity contribution in [3.05, 3.63) is 108 Å². The molecule has 3 atom stereocenters. The number of esters is 2. The molecule has 1 aliphatic carbocycles. The second-order valence-corrected chi connectivity index (χ2v) is 15.2. The Hall–Kier alpha value is -4.28. The molecule has 10 heteroatoms. The molecule has 1 fully saturated rings. The molecule has 286 valence electrons. The van der Waals surface area contributed by atoms with Crippen LogP contribution in [0.4, 0.5) is 0 Å². The summed E-state index contributed by atoms with van der Waals surface area (Å²) in [5.74, 6) is -2.46. The van der Waals surface area contributed by atoms with Gasteiger partial charge in [0, 0.05) is 12.0 Å². The van der Waals surface area contributed by atoms with E-state index in [1.807, 2.05) is 51.2 Å². The summed E-state index contributed by atoms with van der Waals surface area (Å²) in [6.45, 7) is 20.8. The Morgan fingerprint density at radius 1 is 1.00 bits per heavy atom. The number of rotatable bonds is 12. The van der Waals surface area contributed by atoms with Crippen LogP contribution in [0, 0.1) is 50.9 Å². The smallest absolute Gasteiger partial charge is 0.664 e. The maximum atomic E-state index is 14.3. The normalized spacial score (nSPS) is 22.2. The Morgan fingerprint density at radius 2 is 1.71 bits per heavy atom. The first-order chi connectivity index (χ1) is 25.8. The number of Topliss-reactive ketones (excluding diaryl/α,β-unsaturated/α-hetero) is 1. The molecule has 55 heavy (non-hydrogen) atoms. The van der Waals surface area contributed by atoms with Crippen LogP contribution in [0.25, 0.3) is 35.2 Å². The number of carbonyl (C=O) groups is 3. The number of fused-ring (bicyclic) bond motifs is 7. The van der Waals surface area contributed by atoms with Crippen LogP contribution in [0.5, 0.6) is 0 Å². The SMILES string of the molecule is C=Cc1c2[n-]c(c1C)/C=C1\[N-]/C(=C3\c4[n-]c(c(C)c4C(=O)[C@@H]3C(=O)OC)/C=c3\[n-]/c(c(C)c3CC)=C\2)[C@@H](CCC(=O)OC/C=C(\C)C[CH-]CC(C)C)[C@@H]1C.[Mg+2]. The first-order valence-corrected chi connectivity index (χ1v) is 19.0. The Morgan fingerprint density at radius 3 is 2.38 bits per heavy atom. The molecular formula is C45H51MgN4O5-3. The molecule has 3 aromatic heterocycles. The molecule has 8 bridgehead atoms. The van der Waals surface area contributed by atoms with Gasteiger partial charge in [-0.15, -0.1) is 39.0 Å². The summed E-state index contributed by atoms with van der Waals surface area (Å²) in [4.78, 5) is 56.0. The van der Waals surface area contributed by atoms with Crippen molar-refractivity contribution in [1.29, 1.82) is 0 Å². The van der Waals surface area contributed by atoms with Crippen molar-refractivity contribution < 1.29 is 23.9 Å². The van der Waals surface area contributed by atoms with Crippen LogP contribution >= 0.6 is 0 Å². The number of ketones is 1. The summed E-state index contributed by atoms with van der Waals surface area (Å²) < 4.78 is 10.9. The molecule has 3 aliphatic rings. The molecule has 3 aromatic rings. The van der Waals surface area contributed by atoms with Crippen LogP contribution in [-0.4, -0.2) is 54.5 Å². The maximum absolute atomic E-state index is 14.3. The van der Waals surface area contributed by atoms with Crippen LogP contribution in [0.15, 0.2) is 29.6 Å². The van der Waals surface area contributed by atoms with Crippen LogP contribution < -0.4 is 25.7 Å². The van der Waals surface area contributed by atoms with E-state index in [0.29, 0.717) is 46.1 Å². The molecule has 0 radical (unpaired) electrons. The number of nitrogens with zero attached hydrogens (tertiary/aromatic N) is 4. The number of methoxy groups -OCH3 is 1. The van der Waals surface area contributed by atoms with E-state index in [0.717, 1.165) is 74.9 Å². The zero-order valence-electron chi connectivity index (χ0n) is 33.8. The fourth-order valence-corrected chi connectivity index (χ4v) is 8.00. The van der Waals surface area contributed by atoms with E-state index in [9.17, 15) is 14.4 Å². The van der Waals surface area contributed by atoms with Gasteiger partial charge in [-0.1, -0.05) is 98.4 Å². The fourth-order valence-electron chi connectivity index (χ4n) is 8.00. The first-order valence-electron chi connectivity index (χ1n) is 19.0. The van der Waals surface area contributed by atoms with Gasteiger partial charge >= 0.3 is 35.0 Å². The van der Waals surface area contributed by atoms with Crippen LogP contribution in [0.3, 0.4) is 0 Å². The molecular weight excluding hydrogens is 701 g/mol. The maximum Gasteiger partial charge on any atom is 2.00 e. The molecule has 0 spiro atoms. The largest absolute Gasteiger partial charge is 2.00 e. The zero-order valence-corrected chi connectivity index (χ0v) is 35.2. The summed E-state index contributed by atoms with van der Waals surface area (Å²) in [6.07, 6.45) is 15.1. The molecule has 0 N–H and O–H groups in total. The number of allylic oxidation sites excluding steroid dienone is 3. The molecule has 9 nitrogen and oxygen atoms in total. The number of ether oxygens (including phenoxy) is 2. The minimum atomic E-state index is -1.22. The van der Waals surface area contributed by atoms with E-state index in [1.54, 1.807) is 0 Å². The minimum absolute atomic E-state index is 0. The van der Waals surface area contributed by atoms with Gasteiger partial charge in [0.15, 0.2) is 5.78 Å². The van der Waals surface area contributed by atoms with Crippen molar-refractivity contribution in [3.63, 3.8) is 0 Å². The van der Waals surface area contributed by atoms with E-state index in [4.69, 9.17) is 29.7 Å².